The number of likely N-dealkylation sites (tertiary alicyclic amines) is 1. The van der Waals surface area contributed by atoms with Gasteiger partial charge in [-0.1, -0.05) is 31.2 Å². The summed E-state index contributed by atoms with van der Waals surface area (Å²) in [6, 6.07) is 12.6. The number of benzene rings is 2. The number of hydrogen-bond acceptors (Lipinski definition) is 5. The summed E-state index contributed by atoms with van der Waals surface area (Å²) in [6.07, 6.45) is -3.59. The Labute approximate surface area is 203 Å². The molecule has 1 amide bonds. The summed E-state index contributed by atoms with van der Waals surface area (Å²) in [5.41, 5.74) is 5.31. The number of ether oxygens (including phenoxy) is 3. The molecular weight excluding hydrogens is 461 g/mol. The third-order valence-corrected chi connectivity index (χ3v) is 7.25. The number of amides is 1. The van der Waals surface area contributed by atoms with Gasteiger partial charge in [-0.15, -0.1) is 0 Å². The highest BCUT2D eigenvalue weighted by Crippen LogP contribution is 2.41. The third-order valence-electron chi connectivity index (χ3n) is 7.25. The zero-order valence-corrected chi connectivity index (χ0v) is 19.9. The van der Waals surface area contributed by atoms with Crippen molar-refractivity contribution in [3.8, 4) is 11.5 Å². The van der Waals surface area contributed by atoms with E-state index < -0.39 is 23.2 Å². The van der Waals surface area contributed by atoms with E-state index in [1.807, 2.05) is 36.1 Å². The zero-order chi connectivity index (χ0) is 25.2. The molecule has 0 spiro atoms. The first-order valence-electron chi connectivity index (χ1n) is 11.8. The van der Waals surface area contributed by atoms with Gasteiger partial charge >= 0.3 is 6.18 Å². The number of carbonyl (C=O) groups is 1. The SMILES string of the molecule is COc1ccccc1[C@H](C)C1CC(C(N)=O)(N2CCC(Oc3cccc(C(F)(F)F)c3)C2)CCO1. The first kappa shape index (κ1) is 25.3. The van der Waals surface area contributed by atoms with Gasteiger partial charge < -0.3 is 19.9 Å². The van der Waals surface area contributed by atoms with E-state index in [1.165, 1.54) is 12.1 Å². The van der Waals surface area contributed by atoms with Crippen molar-refractivity contribution in [2.75, 3.05) is 26.8 Å². The lowest BCUT2D eigenvalue weighted by Crippen LogP contribution is -2.61. The van der Waals surface area contributed by atoms with Crippen molar-refractivity contribution in [3.05, 3.63) is 59.7 Å². The molecule has 2 heterocycles. The van der Waals surface area contributed by atoms with Crippen LogP contribution in [0.15, 0.2) is 48.5 Å². The van der Waals surface area contributed by atoms with Crippen LogP contribution in [0.4, 0.5) is 13.2 Å². The third kappa shape index (κ3) is 5.26. The Morgan fingerprint density at radius 2 is 2.00 bits per heavy atom. The van der Waals surface area contributed by atoms with Crippen LogP contribution in [0.1, 0.15) is 43.2 Å². The van der Waals surface area contributed by atoms with Crippen molar-refractivity contribution in [1.29, 1.82) is 0 Å². The number of alkyl halides is 3. The molecule has 6 nitrogen and oxygen atoms in total. The summed E-state index contributed by atoms with van der Waals surface area (Å²) in [5.74, 6) is 0.465. The lowest BCUT2D eigenvalue weighted by Gasteiger charge is -2.46. The van der Waals surface area contributed by atoms with Crippen LogP contribution in [0.25, 0.3) is 0 Å². The molecule has 2 aromatic rings. The molecular formula is C26H31F3N2O4. The van der Waals surface area contributed by atoms with Crippen molar-refractivity contribution < 1.29 is 32.2 Å². The highest BCUT2D eigenvalue weighted by atomic mass is 19.4. The van der Waals surface area contributed by atoms with Crippen LogP contribution < -0.4 is 15.2 Å². The van der Waals surface area contributed by atoms with Crippen LogP contribution in [0, 0.1) is 0 Å². The van der Waals surface area contributed by atoms with Crippen LogP contribution in [0.5, 0.6) is 11.5 Å². The second kappa shape index (κ2) is 10.1. The summed E-state index contributed by atoms with van der Waals surface area (Å²) in [4.78, 5) is 14.9. The first-order chi connectivity index (χ1) is 16.6. The van der Waals surface area contributed by atoms with Gasteiger partial charge in [-0.25, -0.2) is 0 Å². The molecule has 0 bridgehead atoms. The van der Waals surface area contributed by atoms with E-state index in [9.17, 15) is 18.0 Å². The minimum atomic E-state index is -4.44. The lowest BCUT2D eigenvalue weighted by atomic mass is 9.79. The molecule has 0 saturated carbocycles. The van der Waals surface area contributed by atoms with Gasteiger partial charge in [-0.3, -0.25) is 9.69 Å². The fourth-order valence-electron chi connectivity index (χ4n) is 5.26. The van der Waals surface area contributed by atoms with E-state index in [-0.39, 0.29) is 23.9 Å². The maximum absolute atomic E-state index is 13.1. The molecule has 4 rings (SSSR count). The number of carbonyl (C=O) groups excluding carboxylic acids is 1. The Kier molecular flexibility index (Phi) is 7.28. The van der Waals surface area contributed by atoms with Gasteiger partial charge in [0, 0.05) is 32.0 Å². The molecule has 9 heteroatoms. The van der Waals surface area contributed by atoms with E-state index >= 15 is 0 Å². The van der Waals surface area contributed by atoms with Crippen molar-refractivity contribution >= 4 is 5.91 Å². The predicted molar refractivity (Wildman–Crippen MR) is 124 cm³/mol. The number of rotatable bonds is 7. The number of primary amides is 1. The number of hydrogen-bond donors (Lipinski definition) is 1. The van der Waals surface area contributed by atoms with Crippen molar-refractivity contribution in [1.82, 2.24) is 4.90 Å². The van der Waals surface area contributed by atoms with Crippen molar-refractivity contribution in [3.63, 3.8) is 0 Å². The minimum Gasteiger partial charge on any atom is -0.496 e. The van der Waals surface area contributed by atoms with E-state index in [1.54, 1.807) is 7.11 Å². The Morgan fingerprint density at radius 1 is 1.23 bits per heavy atom. The van der Waals surface area contributed by atoms with E-state index in [0.29, 0.717) is 39.0 Å². The van der Waals surface area contributed by atoms with Gasteiger partial charge in [0.2, 0.25) is 5.91 Å². The Bertz CT molecular complexity index is 1050. The average molecular weight is 493 g/mol. The van der Waals surface area contributed by atoms with Crippen LogP contribution in [0.2, 0.25) is 0 Å². The molecule has 0 radical (unpaired) electrons. The highest BCUT2D eigenvalue weighted by Gasteiger charge is 2.50. The zero-order valence-electron chi connectivity index (χ0n) is 19.9. The molecule has 35 heavy (non-hydrogen) atoms. The van der Waals surface area contributed by atoms with Gasteiger partial charge in [-0.2, -0.15) is 13.2 Å². The quantitative estimate of drug-likeness (QED) is 0.621. The van der Waals surface area contributed by atoms with Crippen LogP contribution >= 0.6 is 0 Å². The lowest BCUT2D eigenvalue weighted by molar-refractivity contribution is -0.142. The molecule has 2 saturated heterocycles. The number of methoxy groups -OCH3 is 1. The Hall–Kier alpha value is -2.78. The largest absolute Gasteiger partial charge is 0.496 e. The molecule has 0 aromatic heterocycles. The minimum absolute atomic E-state index is 0.0371. The molecule has 2 fully saturated rings. The predicted octanol–water partition coefficient (Wildman–Crippen LogP) is 4.37. The summed E-state index contributed by atoms with van der Waals surface area (Å²) in [7, 11) is 1.62. The highest BCUT2D eigenvalue weighted by molar-refractivity contribution is 5.85. The first-order valence-corrected chi connectivity index (χ1v) is 11.8. The van der Waals surface area contributed by atoms with E-state index in [0.717, 1.165) is 23.4 Å². The average Bonchev–Trinajstić information content (AvgIpc) is 3.32. The summed E-state index contributed by atoms with van der Waals surface area (Å²) in [5, 5.41) is 0. The second-order valence-electron chi connectivity index (χ2n) is 9.29. The van der Waals surface area contributed by atoms with Gasteiger partial charge in [0.05, 0.1) is 18.8 Å². The maximum atomic E-state index is 13.1. The standard InChI is InChI=1S/C26H31F3N2O4/c1-17(21-8-3-4-9-22(21)33-2)23-15-25(24(30)32,11-13-34-23)31-12-10-20(16-31)35-19-7-5-6-18(14-19)26(27,28)29/h3-9,14,17,20,23H,10-13,15-16H2,1-2H3,(H2,30,32)/t17-,20?,23?,25?/m0/s1. The molecule has 190 valence electrons. The van der Waals surface area contributed by atoms with Crippen LogP contribution in [-0.4, -0.2) is 55.4 Å². The molecule has 4 atom stereocenters. The fourth-order valence-corrected chi connectivity index (χ4v) is 5.26. The number of nitrogens with zero attached hydrogens (tertiary/aromatic N) is 1. The smallest absolute Gasteiger partial charge is 0.416 e. The summed E-state index contributed by atoms with van der Waals surface area (Å²) < 4.78 is 56.7. The molecule has 2 aromatic carbocycles. The van der Waals surface area contributed by atoms with Crippen LogP contribution in [-0.2, 0) is 15.7 Å². The topological polar surface area (TPSA) is 74.0 Å². The van der Waals surface area contributed by atoms with Crippen molar-refractivity contribution in [2.24, 2.45) is 5.73 Å². The number of nitrogens with two attached hydrogens (primary N) is 1. The number of halogens is 3. The second-order valence-corrected chi connectivity index (χ2v) is 9.29. The molecule has 2 N–H and O–H groups in total. The summed E-state index contributed by atoms with van der Waals surface area (Å²) >= 11 is 0. The van der Waals surface area contributed by atoms with Crippen molar-refractivity contribution in [2.45, 2.75) is 56.0 Å². The van der Waals surface area contributed by atoms with E-state index in [4.69, 9.17) is 19.9 Å². The molecule has 2 aliphatic heterocycles. The van der Waals surface area contributed by atoms with E-state index in [2.05, 4.69) is 0 Å². The van der Waals surface area contributed by atoms with Gasteiger partial charge in [-0.05, 0) is 42.7 Å². The van der Waals surface area contributed by atoms with Gasteiger partial charge in [0.1, 0.15) is 23.1 Å². The Morgan fingerprint density at radius 3 is 2.71 bits per heavy atom. The van der Waals surface area contributed by atoms with Gasteiger partial charge in [0.25, 0.3) is 0 Å². The normalized spacial score (nSPS) is 26.3. The fraction of sp³-hybridized carbons (Fsp3) is 0.500. The molecule has 3 unspecified atom stereocenters. The molecule has 0 aliphatic carbocycles. The van der Waals surface area contributed by atoms with Crippen LogP contribution in [0.3, 0.4) is 0 Å². The number of para-hydroxylation sites is 1. The van der Waals surface area contributed by atoms with Gasteiger partial charge in [0.15, 0.2) is 0 Å². The maximum Gasteiger partial charge on any atom is 0.416 e. The summed E-state index contributed by atoms with van der Waals surface area (Å²) in [6.45, 7) is 3.38. The monoisotopic (exact) mass is 492 g/mol. The molecule has 2 aliphatic rings. The Balaban J connectivity index is 1.49.